The van der Waals surface area contributed by atoms with Crippen LogP contribution in [-0.2, 0) is 22.6 Å². The van der Waals surface area contributed by atoms with Gasteiger partial charge in [0.25, 0.3) is 5.91 Å². The van der Waals surface area contributed by atoms with Gasteiger partial charge in [0, 0.05) is 6.21 Å². The summed E-state index contributed by atoms with van der Waals surface area (Å²) in [5.74, 6) is -3.09. The van der Waals surface area contributed by atoms with Crippen molar-refractivity contribution in [2.75, 3.05) is 4.90 Å². The zero-order valence-electron chi connectivity index (χ0n) is 15.7. The molecule has 7 nitrogen and oxygen atoms in total. The Morgan fingerprint density at radius 3 is 2.34 bits per heavy atom. The van der Waals surface area contributed by atoms with Crippen LogP contribution >= 0.6 is 12.2 Å². The number of anilines is 1. The van der Waals surface area contributed by atoms with Crippen molar-refractivity contribution in [2.24, 2.45) is 10.9 Å². The Labute approximate surface area is 173 Å². The van der Waals surface area contributed by atoms with E-state index in [0.29, 0.717) is 5.69 Å². The summed E-state index contributed by atoms with van der Waals surface area (Å²) in [4.78, 5) is 41.5. The van der Waals surface area contributed by atoms with Crippen molar-refractivity contribution in [2.45, 2.75) is 19.9 Å². The molecule has 8 heteroatoms. The van der Waals surface area contributed by atoms with Crippen molar-refractivity contribution in [3.63, 3.8) is 0 Å². The summed E-state index contributed by atoms with van der Waals surface area (Å²) in [6.07, 6.45) is 2.18. The summed E-state index contributed by atoms with van der Waals surface area (Å²) in [5.41, 5.74) is 2.65. The number of rotatable bonds is 6. The molecule has 1 atom stereocenters. The second-order valence-corrected chi connectivity index (χ2v) is 6.84. The van der Waals surface area contributed by atoms with Crippen molar-refractivity contribution < 1.29 is 19.5 Å². The molecule has 3 rings (SSSR count). The van der Waals surface area contributed by atoms with E-state index < -0.39 is 23.7 Å². The average Bonchev–Trinajstić information content (AvgIpc) is 2.71. The topological polar surface area (TPSA) is 99.1 Å². The molecule has 0 spiro atoms. The van der Waals surface area contributed by atoms with Crippen LogP contribution in [0.2, 0.25) is 0 Å². The van der Waals surface area contributed by atoms with Gasteiger partial charge >= 0.3 is 5.97 Å². The van der Waals surface area contributed by atoms with E-state index in [0.717, 1.165) is 17.5 Å². The summed E-state index contributed by atoms with van der Waals surface area (Å²) >= 11 is 5.18. The quantitative estimate of drug-likeness (QED) is 0.434. The van der Waals surface area contributed by atoms with Gasteiger partial charge in [-0.2, -0.15) is 0 Å². The zero-order valence-corrected chi connectivity index (χ0v) is 16.5. The minimum absolute atomic E-state index is 0.0400. The first-order valence-corrected chi connectivity index (χ1v) is 9.41. The molecule has 0 radical (unpaired) electrons. The number of hydrogen-bond acceptors (Lipinski definition) is 5. The number of carbonyl (C=O) groups excluding carboxylic acids is 2. The first-order chi connectivity index (χ1) is 13.9. The maximum atomic E-state index is 12.9. The van der Waals surface area contributed by atoms with E-state index >= 15 is 0 Å². The lowest BCUT2D eigenvalue weighted by Gasteiger charge is -2.31. The molecule has 1 aliphatic rings. The molecule has 2 N–H and O–H groups in total. The van der Waals surface area contributed by atoms with Gasteiger partial charge in [0.05, 0.1) is 17.8 Å². The third-order valence-electron chi connectivity index (χ3n) is 4.53. The number of amides is 2. The molecule has 2 aromatic carbocycles. The molecule has 0 aromatic heterocycles. The van der Waals surface area contributed by atoms with Crippen LogP contribution in [0.1, 0.15) is 28.4 Å². The summed E-state index contributed by atoms with van der Waals surface area (Å²) in [6.45, 7) is 2.25. The fourth-order valence-electron chi connectivity index (χ4n) is 2.86. The highest BCUT2D eigenvalue weighted by Gasteiger charge is 2.38. The largest absolute Gasteiger partial charge is 0.478 e. The number of aliphatic imine (C=N–C) groups is 1. The Morgan fingerprint density at radius 2 is 1.76 bits per heavy atom. The van der Waals surface area contributed by atoms with Gasteiger partial charge in [0.1, 0.15) is 0 Å². The van der Waals surface area contributed by atoms with Crippen molar-refractivity contribution in [3.8, 4) is 0 Å². The Hall–Kier alpha value is -3.39. The predicted octanol–water partition coefficient (Wildman–Crippen LogP) is 2.58. The SMILES string of the molecule is CCc1ccc(N2C(=O)C(C=NCc3ccc(C(=O)O)cc3)C(=O)NC2=S)cc1. The third kappa shape index (κ3) is 4.55. The van der Waals surface area contributed by atoms with Gasteiger partial charge in [-0.25, -0.2) is 4.79 Å². The van der Waals surface area contributed by atoms with E-state index in [4.69, 9.17) is 17.3 Å². The highest BCUT2D eigenvalue weighted by molar-refractivity contribution is 7.80. The van der Waals surface area contributed by atoms with Crippen molar-refractivity contribution >= 4 is 47.0 Å². The first kappa shape index (κ1) is 20.3. The number of aromatic carboxylic acids is 1. The average molecular weight is 409 g/mol. The number of hydrogen-bond donors (Lipinski definition) is 2. The molecule has 1 unspecified atom stereocenters. The standard InChI is InChI=1S/C21H19N3O4S/c1-2-13-5-9-16(10-6-13)24-19(26)17(18(25)23-21(24)29)12-22-11-14-3-7-15(8-4-14)20(27)28/h3-10,12,17H,2,11H2,1H3,(H,27,28)(H,23,25,29). The van der Waals surface area contributed by atoms with Crippen LogP contribution < -0.4 is 10.2 Å². The molecule has 1 heterocycles. The molecule has 2 amide bonds. The van der Waals surface area contributed by atoms with Crippen LogP contribution in [0.4, 0.5) is 5.69 Å². The molecule has 148 valence electrons. The number of carboxylic acids is 1. The van der Waals surface area contributed by atoms with Crippen LogP contribution in [0.25, 0.3) is 0 Å². The van der Waals surface area contributed by atoms with E-state index in [-0.39, 0.29) is 17.2 Å². The number of thiocarbonyl (C=S) groups is 1. The van der Waals surface area contributed by atoms with E-state index in [1.54, 1.807) is 24.3 Å². The van der Waals surface area contributed by atoms with Gasteiger partial charge < -0.3 is 10.4 Å². The third-order valence-corrected chi connectivity index (χ3v) is 4.82. The van der Waals surface area contributed by atoms with Crippen LogP contribution in [0, 0.1) is 5.92 Å². The molecule has 0 bridgehead atoms. The lowest BCUT2D eigenvalue weighted by Crippen LogP contribution is -2.58. The number of nitrogens with one attached hydrogen (secondary N) is 1. The molecular formula is C21H19N3O4S. The Balaban J connectivity index is 1.74. The zero-order chi connectivity index (χ0) is 21.0. The van der Waals surface area contributed by atoms with Gasteiger partial charge in [-0.05, 0) is 54.0 Å². The van der Waals surface area contributed by atoms with E-state index in [1.165, 1.54) is 23.2 Å². The summed E-state index contributed by atoms with van der Waals surface area (Å²) in [7, 11) is 0. The van der Waals surface area contributed by atoms with Crippen LogP contribution in [0.5, 0.6) is 0 Å². The van der Waals surface area contributed by atoms with Crippen LogP contribution in [0.15, 0.2) is 53.5 Å². The Morgan fingerprint density at radius 1 is 1.14 bits per heavy atom. The maximum absolute atomic E-state index is 12.9. The van der Waals surface area contributed by atoms with Crippen molar-refractivity contribution in [1.29, 1.82) is 0 Å². The number of nitrogens with zero attached hydrogens (tertiary/aromatic N) is 2. The number of carbonyl (C=O) groups is 3. The van der Waals surface area contributed by atoms with Crippen molar-refractivity contribution in [3.05, 3.63) is 65.2 Å². The molecule has 1 saturated heterocycles. The minimum atomic E-state index is -1.09. The smallest absolute Gasteiger partial charge is 0.335 e. The number of benzene rings is 2. The highest BCUT2D eigenvalue weighted by Crippen LogP contribution is 2.21. The lowest BCUT2D eigenvalue weighted by atomic mass is 10.1. The van der Waals surface area contributed by atoms with E-state index in [2.05, 4.69) is 10.3 Å². The van der Waals surface area contributed by atoms with Crippen LogP contribution in [0.3, 0.4) is 0 Å². The van der Waals surface area contributed by atoms with Crippen LogP contribution in [-0.4, -0.2) is 34.2 Å². The molecular weight excluding hydrogens is 390 g/mol. The number of carboxylic acid groups (broad SMARTS) is 1. The molecule has 29 heavy (non-hydrogen) atoms. The van der Waals surface area contributed by atoms with Gasteiger partial charge in [0.2, 0.25) is 5.91 Å². The molecule has 0 aliphatic carbocycles. The normalized spacial score (nSPS) is 16.9. The summed E-state index contributed by atoms with van der Waals surface area (Å²) in [6, 6.07) is 13.6. The number of aryl methyl sites for hydroxylation is 1. The molecule has 0 saturated carbocycles. The summed E-state index contributed by atoms with van der Waals surface area (Å²) in [5, 5.41) is 11.5. The second-order valence-electron chi connectivity index (χ2n) is 6.46. The minimum Gasteiger partial charge on any atom is -0.478 e. The van der Waals surface area contributed by atoms with Gasteiger partial charge in [-0.3, -0.25) is 19.5 Å². The first-order valence-electron chi connectivity index (χ1n) is 9.00. The second kappa shape index (κ2) is 8.74. The highest BCUT2D eigenvalue weighted by atomic mass is 32.1. The fourth-order valence-corrected chi connectivity index (χ4v) is 3.16. The van der Waals surface area contributed by atoms with Gasteiger partial charge in [0.15, 0.2) is 11.0 Å². The maximum Gasteiger partial charge on any atom is 0.335 e. The predicted molar refractivity (Wildman–Crippen MR) is 113 cm³/mol. The monoisotopic (exact) mass is 409 g/mol. The Kier molecular flexibility index (Phi) is 6.13. The fraction of sp³-hybridized carbons (Fsp3) is 0.190. The Bertz CT molecular complexity index is 984. The van der Waals surface area contributed by atoms with E-state index in [9.17, 15) is 14.4 Å². The van der Waals surface area contributed by atoms with Gasteiger partial charge in [-0.15, -0.1) is 0 Å². The molecule has 2 aromatic rings. The van der Waals surface area contributed by atoms with Crippen molar-refractivity contribution in [1.82, 2.24) is 5.32 Å². The summed E-state index contributed by atoms with van der Waals surface area (Å²) < 4.78 is 0. The van der Waals surface area contributed by atoms with Gasteiger partial charge in [-0.1, -0.05) is 31.2 Å². The molecule has 1 fully saturated rings. The molecule has 1 aliphatic heterocycles. The van der Waals surface area contributed by atoms with E-state index in [1.807, 2.05) is 19.1 Å². The lowest BCUT2D eigenvalue weighted by molar-refractivity contribution is -0.130.